The third-order valence-corrected chi connectivity index (χ3v) is 6.23. The van der Waals surface area contributed by atoms with Crippen molar-refractivity contribution in [2.24, 2.45) is 5.73 Å². The fourth-order valence-corrected chi connectivity index (χ4v) is 4.45. The molecule has 0 bridgehead atoms. The van der Waals surface area contributed by atoms with E-state index in [0.29, 0.717) is 32.7 Å². The van der Waals surface area contributed by atoms with Crippen molar-refractivity contribution >= 4 is 22.4 Å². The summed E-state index contributed by atoms with van der Waals surface area (Å²) in [6.07, 6.45) is 0. The Morgan fingerprint density at radius 2 is 1.75 bits per heavy atom. The Kier molecular flexibility index (Phi) is 7.02. The lowest BCUT2D eigenvalue weighted by Gasteiger charge is -2.33. The van der Waals surface area contributed by atoms with Crippen LogP contribution < -0.4 is 15.4 Å². The van der Waals surface area contributed by atoms with E-state index >= 15 is 0 Å². The van der Waals surface area contributed by atoms with Gasteiger partial charge in [0.1, 0.15) is 18.1 Å². The maximum Gasteiger partial charge on any atom is 0.298 e. The molecule has 2 aromatic carbocycles. The molecule has 1 saturated heterocycles. The molecule has 0 atom stereocenters. The van der Waals surface area contributed by atoms with Crippen LogP contribution in [-0.4, -0.2) is 53.7 Å². The lowest BCUT2D eigenvalue weighted by Crippen LogP contribution is -2.48. The molecule has 2 heterocycles. The maximum atomic E-state index is 12.0. The number of nitrogens with two attached hydrogens (primary N) is 1. The Morgan fingerprint density at radius 1 is 1.06 bits per heavy atom. The third kappa shape index (κ3) is 5.08. The van der Waals surface area contributed by atoms with Crippen LogP contribution in [0.4, 0.5) is 5.13 Å². The first-order chi connectivity index (χ1) is 15.7. The van der Waals surface area contributed by atoms with Gasteiger partial charge >= 0.3 is 0 Å². The molecule has 1 aliphatic rings. The van der Waals surface area contributed by atoms with Crippen LogP contribution in [0.2, 0.25) is 0 Å². The van der Waals surface area contributed by atoms with Crippen molar-refractivity contribution in [2.45, 2.75) is 6.54 Å². The second-order valence-electron chi connectivity index (χ2n) is 7.15. The first-order valence-corrected chi connectivity index (χ1v) is 11.2. The number of rotatable bonds is 5. The molecule has 1 aromatic heterocycles. The van der Waals surface area contributed by atoms with E-state index in [9.17, 15) is 4.79 Å². The monoisotopic (exact) mass is 448 g/mol. The molecule has 0 radical (unpaired) electrons. The number of anilines is 1. The summed E-state index contributed by atoms with van der Waals surface area (Å²) in [6.45, 7) is 2.58. The number of para-hydroxylation sites is 1. The number of nitrogens with zero attached hydrogens (tertiary/aromatic N) is 3. The number of carbonyl (C=O) groups excluding carboxylic acids is 1. The van der Waals surface area contributed by atoms with Gasteiger partial charge in [0.15, 0.2) is 5.13 Å². The van der Waals surface area contributed by atoms with Crippen LogP contribution in [0.15, 0.2) is 54.6 Å². The average Bonchev–Trinajstić information content (AvgIpc) is 3.28. The van der Waals surface area contributed by atoms with Gasteiger partial charge in [0.2, 0.25) is 0 Å². The molecule has 3 aromatic rings. The highest BCUT2D eigenvalue weighted by atomic mass is 32.1. The quantitative estimate of drug-likeness (QED) is 0.583. The van der Waals surface area contributed by atoms with Gasteiger partial charge in [-0.1, -0.05) is 35.5 Å². The molecule has 0 spiro atoms. The van der Waals surface area contributed by atoms with Crippen LogP contribution in [0.5, 0.6) is 11.5 Å². The van der Waals surface area contributed by atoms with Crippen LogP contribution >= 0.6 is 11.3 Å². The summed E-state index contributed by atoms with van der Waals surface area (Å²) in [6, 6.07) is 17.5. The lowest BCUT2D eigenvalue weighted by atomic mass is 10.1. The smallest absolute Gasteiger partial charge is 0.298 e. The highest BCUT2D eigenvalue weighted by molar-refractivity contribution is 7.16. The molecular formula is C24H24N4O3S. The van der Waals surface area contributed by atoms with E-state index in [0.717, 1.165) is 32.8 Å². The molecule has 0 aliphatic carbocycles. The Morgan fingerprint density at radius 3 is 2.41 bits per heavy atom. The molecule has 164 valence electrons. The lowest BCUT2D eigenvalue weighted by molar-refractivity contribution is -0.125. The summed E-state index contributed by atoms with van der Waals surface area (Å²) in [5.41, 5.74) is 7.88. The molecule has 1 aliphatic heterocycles. The second kappa shape index (κ2) is 10.3. The molecule has 1 fully saturated rings. The minimum Gasteiger partial charge on any atom is -0.457 e. The van der Waals surface area contributed by atoms with Crippen LogP contribution in [-0.2, 0) is 11.3 Å². The molecule has 1 amide bonds. The largest absolute Gasteiger partial charge is 0.457 e. The number of hydrogen-bond donors (Lipinski definition) is 2. The minimum atomic E-state index is -0.311. The van der Waals surface area contributed by atoms with E-state index < -0.39 is 0 Å². The van der Waals surface area contributed by atoms with Crippen molar-refractivity contribution < 1.29 is 14.6 Å². The number of carbonyl (C=O) groups is 1. The number of thiazole rings is 1. The van der Waals surface area contributed by atoms with Crippen molar-refractivity contribution in [1.82, 2.24) is 9.88 Å². The molecule has 7 nitrogen and oxygen atoms in total. The van der Waals surface area contributed by atoms with Crippen molar-refractivity contribution in [1.29, 1.82) is 0 Å². The number of aliphatic hydroxyl groups excluding tert-OH is 1. The van der Waals surface area contributed by atoms with Gasteiger partial charge in [-0.05, 0) is 42.3 Å². The summed E-state index contributed by atoms with van der Waals surface area (Å²) in [4.78, 5) is 21.8. The van der Waals surface area contributed by atoms with Gasteiger partial charge in [0.25, 0.3) is 5.91 Å². The van der Waals surface area contributed by atoms with Crippen LogP contribution in [0, 0.1) is 11.8 Å². The van der Waals surface area contributed by atoms with Crippen LogP contribution in [0.25, 0.3) is 11.3 Å². The number of aromatic nitrogens is 1. The van der Waals surface area contributed by atoms with Crippen molar-refractivity contribution in [2.75, 3.05) is 37.7 Å². The molecule has 4 rings (SSSR count). The number of aliphatic hydroxyl groups is 1. The van der Waals surface area contributed by atoms with Crippen molar-refractivity contribution in [3.63, 3.8) is 0 Å². The zero-order valence-electron chi connectivity index (χ0n) is 17.5. The Bertz CT molecular complexity index is 1110. The second-order valence-corrected chi connectivity index (χ2v) is 8.21. The highest BCUT2D eigenvalue weighted by Gasteiger charge is 2.23. The van der Waals surface area contributed by atoms with Gasteiger partial charge in [-0.2, -0.15) is 0 Å². The number of piperazine rings is 1. The topological polar surface area (TPSA) is 91.9 Å². The average molecular weight is 449 g/mol. The van der Waals surface area contributed by atoms with Gasteiger partial charge in [-0.15, -0.1) is 0 Å². The van der Waals surface area contributed by atoms with Gasteiger partial charge < -0.3 is 25.4 Å². The van der Waals surface area contributed by atoms with E-state index in [4.69, 9.17) is 20.6 Å². The first-order valence-electron chi connectivity index (χ1n) is 10.3. The Labute approximate surface area is 191 Å². The van der Waals surface area contributed by atoms with Crippen LogP contribution in [0.1, 0.15) is 4.88 Å². The predicted octanol–water partition coefficient (Wildman–Crippen LogP) is 2.71. The summed E-state index contributed by atoms with van der Waals surface area (Å²) < 4.78 is 5.87. The molecule has 32 heavy (non-hydrogen) atoms. The highest BCUT2D eigenvalue weighted by Crippen LogP contribution is 2.34. The summed E-state index contributed by atoms with van der Waals surface area (Å²) >= 11 is 1.59. The first kappa shape index (κ1) is 21.8. The maximum absolute atomic E-state index is 12.0. The van der Waals surface area contributed by atoms with E-state index in [1.165, 1.54) is 0 Å². The van der Waals surface area contributed by atoms with Gasteiger partial charge in [0, 0.05) is 43.2 Å². The summed E-state index contributed by atoms with van der Waals surface area (Å²) in [5, 5.41) is 9.66. The molecular weight excluding hydrogens is 424 g/mol. The standard InChI is InChI=1S/C24H24N4O3S/c25-17-21-23(18-8-10-20(11-9-18)31-19-5-2-1-3-6-19)26-24(32-21)28-14-12-27(13-15-28)22(30)7-4-16-29/h1-3,5-6,8-11,29H,12-17,25H2. The zero-order chi connectivity index (χ0) is 22.3. The number of hydrogen-bond acceptors (Lipinski definition) is 7. The zero-order valence-corrected chi connectivity index (χ0v) is 18.3. The number of ether oxygens (including phenoxy) is 1. The van der Waals surface area contributed by atoms with Gasteiger partial charge in [-0.3, -0.25) is 4.79 Å². The van der Waals surface area contributed by atoms with Crippen molar-refractivity contribution in [3.8, 4) is 34.6 Å². The Hall–Kier alpha value is -3.38. The van der Waals surface area contributed by atoms with E-state index in [1.807, 2.05) is 54.6 Å². The molecule has 0 saturated carbocycles. The number of benzene rings is 2. The summed E-state index contributed by atoms with van der Waals surface area (Å²) in [7, 11) is 0. The molecule has 8 heteroatoms. The molecule has 3 N–H and O–H groups in total. The molecule has 0 unspecified atom stereocenters. The summed E-state index contributed by atoms with van der Waals surface area (Å²) in [5.74, 6) is 6.16. The SMILES string of the molecule is NCc1sc(N2CCN(C(=O)C#CCO)CC2)nc1-c1ccc(Oc2ccccc2)cc1. The van der Waals surface area contributed by atoms with Crippen molar-refractivity contribution in [3.05, 3.63) is 59.5 Å². The van der Waals surface area contributed by atoms with Gasteiger partial charge in [-0.25, -0.2) is 4.98 Å². The normalized spacial score (nSPS) is 13.4. The fraction of sp³-hybridized carbons (Fsp3) is 0.250. The fourth-order valence-electron chi connectivity index (χ4n) is 3.44. The third-order valence-electron chi connectivity index (χ3n) is 5.09. The number of amides is 1. The van der Waals surface area contributed by atoms with E-state index in [2.05, 4.69) is 16.7 Å². The van der Waals surface area contributed by atoms with E-state index in [-0.39, 0.29) is 12.5 Å². The minimum absolute atomic E-state index is 0.251. The Balaban J connectivity index is 1.45. The van der Waals surface area contributed by atoms with Gasteiger partial charge in [0.05, 0.1) is 5.69 Å². The van der Waals surface area contributed by atoms with E-state index in [1.54, 1.807) is 16.2 Å². The van der Waals surface area contributed by atoms with Crippen LogP contribution in [0.3, 0.4) is 0 Å². The predicted molar refractivity (Wildman–Crippen MR) is 126 cm³/mol.